The van der Waals surface area contributed by atoms with Crippen molar-refractivity contribution in [2.45, 2.75) is 26.7 Å². The number of anilines is 2. The number of carbonyl (C=O) groups is 2. The van der Waals surface area contributed by atoms with E-state index in [4.69, 9.17) is 9.47 Å². The molecular formula is C21H24N2O4. The lowest BCUT2D eigenvalue weighted by molar-refractivity contribution is -0.117. The second-order valence-electron chi connectivity index (χ2n) is 6.33. The largest absolute Gasteiger partial charge is 0.490 e. The summed E-state index contributed by atoms with van der Waals surface area (Å²) in [5.74, 6) is 1.05. The highest BCUT2D eigenvalue weighted by Gasteiger charge is 2.29. The lowest BCUT2D eigenvalue weighted by atomic mass is 10.1. The standard InChI is InChI=1S/C21H24N2O4/c1-3-26-18-11-10-15(12-19(18)27-4-2)21(25)23-17-7-5-6-16(13-17)22-20(24)14-8-9-14/h5-7,10-14H,3-4,8-9H2,1-2H3,(H,22,24)(H,23,25). The van der Waals surface area contributed by atoms with Gasteiger partial charge in [-0.25, -0.2) is 0 Å². The van der Waals surface area contributed by atoms with Crippen LogP contribution in [0.5, 0.6) is 11.5 Å². The smallest absolute Gasteiger partial charge is 0.255 e. The Balaban J connectivity index is 1.71. The van der Waals surface area contributed by atoms with Crippen LogP contribution >= 0.6 is 0 Å². The minimum Gasteiger partial charge on any atom is -0.490 e. The number of rotatable bonds is 8. The fourth-order valence-electron chi connectivity index (χ4n) is 2.66. The summed E-state index contributed by atoms with van der Waals surface area (Å²) in [7, 11) is 0. The van der Waals surface area contributed by atoms with Crippen LogP contribution in [-0.4, -0.2) is 25.0 Å². The van der Waals surface area contributed by atoms with Gasteiger partial charge in [0.1, 0.15) is 0 Å². The van der Waals surface area contributed by atoms with Crippen molar-refractivity contribution < 1.29 is 19.1 Å². The molecule has 0 bridgehead atoms. The molecule has 2 aromatic carbocycles. The van der Waals surface area contributed by atoms with Crippen molar-refractivity contribution in [1.82, 2.24) is 0 Å². The third-order valence-corrected chi connectivity index (χ3v) is 4.14. The van der Waals surface area contributed by atoms with Crippen molar-refractivity contribution in [1.29, 1.82) is 0 Å². The first-order valence-corrected chi connectivity index (χ1v) is 9.22. The van der Waals surface area contributed by atoms with Crippen molar-refractivity contribution in [2.75, 3.05) is 23.8 Å². The fourth-order valence-corrected chi connectivity index (χ4v) is 2.66. The molecule has 6 nitrogen and oxygen atoms in total. The van der Waals surface area contributed by atoms with Crippen LogP contribution in [0.4, 0.5) is 11.4 Å². The molecule has 0 aromatic heterocycles. The Kier molecular flexibility index (Phi) is 5.96. The maximum absolute atomic E-state index is 12.6. The Hall–Kier alpha value is -3.02. The number of hydrogen-bond donors (Lipinski definition) is 2. The van der Waals surface area contributed by atoms with E-state index >= 15 is 0 Å². The van der Waals surface area contributed by atoms with Crippen LogP contribution in [0.3, 0.4) is 0 Å². The molecule has 1 aliphatic rings. The lowest BCUT2D eigenvalue weighted by Gasteiger charge is -2.13. The molecule has 1 fully saturated rings. The highest BCUT2D eigenvalue weighted by molar-refractivity contribution is 6.05. The second-order valence-corrected chi connectivity index (χ2v) is 6.33. The van der Waals surface area contributed by atoms with Crippen molar-refractivity contribution in [3.63, 3.8) is 0 Å². The Morgan fingerprint density at radius 1 is 0.926 bits per heavy atom. The lowest BCUT2D eigenvalue weighted by Crippen LogP contribution is -2.15. The molecule has 2 aromatic rings. The van der Waals surface area contributed by atoms with Crippen LogP contribution in [0.1, 0.15) is 37.0 Å². The summed E-state index contributed by atoms with van der Waals surface area (Å²) in [4.78, 5) is 24.5. The van der Waals surface area contributed by atoms with Crippen molar-refractivity contribution >= 4 is 23.2 Å². The second kappa shape index (κ2) is 8.58. The van der Waals surface area contributed by atoms with Crippen molar-refractivity contribution in [3.8, 4) is 11.5 Å². The summed E-state index contributed by atoms with van der Waals surface area (Å²) < 4.78 is 11.1. The van der Waals surface area contributed by atoms with Gasteiger partial charge >= 0.3 is 0 Å². The molecule has 3 rings (SSSR count). The van der Waals surface area contributed by atoms with Gasteiger partial charge in [-0.15, -0.1) is 0 Å². The first-order valence-electron chi connectivity index (χ1n) is 9.22. The van der Waals surface area contributed by atoms with Gasteiger partial charge in [-0.1, -0.05) is 6.07 Å². The Bertz CT molecular complexity index is 831. The number of nitrogens with one attached hydrogen (secondary N) is 2. The minimum absolute atomic E-state index is 0.0337. The summed E-state index contributed by atoms with van der Waals surface area (Å²) in [5, 5.41) is 5.73. The number of hydrogen-bond acceptors (Lipinski definition) is 4. The quantitative estimate of drug-likeness (QED) is 0.736. The van der Waals surface area contributed by atoms with Crippen molar-refractivity contribution in [2.24, 2.45) is 5.92 Å². The Morgan fingerprint density at radius 3 is 2.26 bits per heavy atom. The Morgan fingerprint density at radius 2 is 1.59 bits per heavy atom. The number of amides is 2. The average Bonchev–Trinajstić information content (AvgIpc) is 3.49. The van der Waals surface area contributed by atoms with Gasteiger partial charge in [0, 0.05) is 22.9 Å². The van der Waals surface area contributed by atoms with Crippen LogP contribution in [0.25, 0.3) is 0 Å². The minimum atomic E-state index is -0.260. The zero-order chi connectivity index (χ0) is 19.2. The predicted octanol–water partition coefficient (Wildman–Crippen LogP) is 4.08. The SMILES string of the molecule is CCOc1ccc(C(=O)Nc2cccc(NC(=O)C3CC3)c2)cc1OCC. The summed E-state index contributed by atoms with van der Waals surface area (Å²) >= 11 is 0. The average molecular weight is 368 g/mol. The molecule has 6 heteroatoms. The van der Waals surface area contributed by atoms with E-state index in [9.17, 15) is 9.59 Å². The van der Waals surface area contributed by atoms with Gasteiger partial charge in [0.05, 0.1) is 13.2 Å². The van der Waals surface area contributed by atoms with Gasteiger partial charge in [0.2, 0.25) is 5.91 Å². The van der Waals surface area contributed by atoms with E-state index in [0.29, 0.717) is 41.7 Å². The molecule has 27 heavy (non-hydrogen) atoms. The molecule has 1 aliphatic carbocycles. The van der Waals surface area contributed by atoms with Crippen LogP contribution in [0.2, 0.25) is 0 Å². The molecule has 0 atom stereocenters. The molecule has 0 unspecified atom stereocenters. The van der Waals surface area contributed by atoms with E-state index in [1.807, 2.05) is 13.8 Å². The highest BCUT2D eigenvalue weighted by atomic mass is 16.5. The van der Waals surface area contributed by atoms with Crippen LogP contribution < -0.4 is 20.1 Å². The summed E-state index contributed by atoms with van der Waals surface area (Å²) in [6.07, 6.45) is 1.89. The molecular weight excluding hydrogens is 344 g/mol. The number of benzene rings is 2. The van der Waals surface area contributed by atoms with Gasteiger partial charge in [-0.3, -0.25) is 9.59 Å². The van der Waals surface area contributed by atoms with E-state index in [-0.39, 0.29) is 17.7 Å². The van der Waals surface area contributed by atoms with Crippen molar-refractivity contribution in [3.05, 3.63) is 48.0 Å². The molecule has 2 N–H and O–H groups in total. The summed E-state index contributed by atoms with van der Waals surface area (Å²) in [5.41, 5.74) is 1.75. The van der Waals surface area contributed by atoms with E-state index in [2.05, 4.69) is 10.6 Å². The van der Waals surface area contributed by atoms with Gasteiger partial charge in [0.15, 0.2) is 11.5 Å². The van der Waals surface area contributed by atoms with E-state index in [1.54, 1.807) is 42.5 Å². The van der Waals surface area contributed by atoms with E-state index in [1.165, 1.54) is 0 Å². The molecule has 0 heterocycles. The third kappa shape index (κ3) is 5.00. The molecule has 0 radical (unpaired) electrons. The third-order valence-electron chi connectivity index (χ3n) is 4.14. The van der Waals surface area contributed by atoms with Crippen LogP contribution in [0.15, 0.2) is 42.5 Å². The van der Waals surface area contributed by atoms with Gasteiger partial charge in [0.25, 0.3) is 5.91 Å². The molecule has 2 amide bonds. The molecule has 0 aliphatic heterocycles. The first kappa shape index (κ1) is 18.8. The van der Waals surface area contributed by atoms with E-state index in [0.717, 1.165) is 12.8 Å². The topological polar surface area (TPSA) is 76.7 Å². The zero-order valence-corrected chi connectivity index (χ0v) is 15.6. The fraction of sp³-hybridized carbons (Fsp3) is 0.333. The number of ether oxygens (including phenoxy) is 2. The molecule has 0 spiro atoms. The zero-order valence-electron chi connectivity index (χ0n) is 15.6. The monoisotopic (exact) mass is 368 g/mol. The van der Waals surface area contributed by atoms with Gasteiger partial charge in [-0.2, -0.15) is 0 Å². The summed E-state index contributed by atoms with van der Waals surface area (Å²) in [6.45, 7) is 4.77. The van der Waals surface area contributed by atoms with E-state index < -0.39 is 0 Å². The highest BCUT2D eigenvalue weighted by Crippen LogP contribution is 2.31. The van der Waals surface area contributed by atoms with Crippen LogP contribution in [-0.2, 0) is 4.79 Å². The van der Waals surface area contributed by atoms with Gasteiger partial charge in [-0.05, 0) is 63.1 Å². The number of carbonyl (C=O) groups excluding carboxylic acids is 2. The maximum atomic E-state index is 12.6. The summed E-state index contributed by atoms with van der Waals surface area (Å²) in [6, 6.07) is 12.2. The molecule has 1 saturated carbocycles. The molecule has 142 valence electrons. The maximum Gasteiger partial charge on any atom is 0.255 e. The Labute approximate surface area is 158 Å². The van der Waals surface area contributed by atoms with Crippen LogP contribution in [0, 0.1) is 5.92 Å². The first-order chi connectivity index (χ1) is 13.1. The normalized spacial score (nSPS) is 13.0. The predicted molar refractivity (Wildman–Crippen MR) is 105 cm³/mol. The van der Waals surface area contributed by atoms with Gasteiger partial charge < -0.3 is 20.1 Å². The molecule has 0 saturated heterocycles.